The predicted molar refractivity (Wildman–Crippen MR) is 67.1 cm³/mol. The van der Waals surface area contributed by atoms with E-state index in [0.29, 0.717) is 11.8 Å². The number of aromatic nitrogens is 1. The third kappa shape index (κ3) is 2.27. The highest BCUT2D eigenvalue weighted by atomic mass is 14.7. The summed E-state index contributed by atoms with van der Waals surface area (Å²) in [4.78, 5) is 4.42. The molecule has 88 valence electrons. The van der Waals surface area contributed by atoms with E-state index in [-0.39, 0.29) is 6.04 Å². The van der Waals surface area contributed by atoms with Gasteiger partial charge in [0.1, 0.15) is 0 Å². The molecule has 1 aromatic rings. The van der Waals surface area contributed by atoms with Gasteiger partial charge in [0.25, 0.3) is 0 Å². The van der Waals surface area contributed by atoms with Crippen LogP contribution >= 0.6 is 0 Å². The van der Waals surface area contributed by atoms with Crippen molar-refractivity contribution in [1.82, 2.24) is 4.98 Å². The van der Waals surface area contributed by atoms with Crippen molar-refractivity contribution in [2.45, 2.75) is 45.1 Å². The van der Waals surface area contributed by atoms with Gasteiger partial charge in [-0.05, 0) is 30.4 Å². The quantitative estimate of drug-likeness (QED) is 0.847. The smallest absolute Gasteiger partial charge is 0.0447 e. The van der Waals surface area contributed by atoms with Gasteiger partial charge in [-0.15, -0.1) is 0 Å². The van der Waals surface area contributed by atoms with Crippen LogP contribution in [0.3, 0.4) is 0 Å². The van der Waals surface area contributed by atoms with E-state index in [9.17, 15) is 0 Å². The summed E-state index contributed by atoms with van der Waals surface area (Å²) in [5, 5.41) is 0. The fraction of sp³-hybridized carbons (Fsp3) is 0.643. The maximum Gasteiger partial charge on any atom is 0.0447 e. The summed E-state index contributed by atoms with van der Waals surface area (Å²) in [5.41, 5.74) is 7.54. The van der Waals surface area contributed by atoms with Crippen molar-refractivity contribution in [3.05, 3.63) is 30.1 Å². The van der Waals surface area contributed by atoms with E-state index in [1.165, 1.54) is 19.3 Å². The molecule has 2 heteroatoms. The fourth-order valence-electron chi connectivity index (χ4n) is 2.96. The summed E-state index contributed by atoms with van der Waals surface area (Å²) in [7, 11) is 0. The predicted octanol–water partition coefficient (Wildman–Crippen LogP) is 2.95. The molecule has 0 bridgehead atoms. The van der Waals surface area contributed by atoms with Crippen LogP contribution in [0.2, 0.25) is 0 Å². The largest absolute Gasteiger partial charge is 0.327 e. The highest BCUT2D eigenvalue weighted by Crippen LogP contribution is 2.36. The lowest BCUT2D eigenvalue weighted by molar-refractivity contribution is 0.313. The van der Waals surface area contributed by atoms with Gasteiger partial charge in [-0.2, -0.15) is 0 Å². The molecule has 2 N–H and O–H groups in total. The van der Waals surface area contributed by atoms with Gasteiger partial charge in [-0.25, -0.2) is 0 Å². The average molecular weight is 218 g/mol. The van der Waals surface area contributed by atoms with E-state index in [1.807, 2.05) is 18.3 Å². The van der Waals surface area contributed by atoms with Crippen LogP contribution in [0.1, 0.15) is 44.7 Å². The summed E-state index contributed by atoms with van der Waals surface area (Å²) in [6, 6.07) is 6.35. The summed E-state index contributed by atoms with van der Waals surface area (Å²) in [6.07, 6.45) is 5.83. The number of pyridine rings is 1. The maximum absolute atomic E-state index is 6.40. The molecule has 1 saturated carbocycles. The minimum absolute atomic E-state index is 0.257. The lowest BCUT2D eigenvalue weighted by Crippen LogP contribution is -2.36. The van der Waals surface area contributed by atoms with Crippen molar-refractivity contribution in [3.63, 3.8) is 0 Å². The Morgan fingerprint density at radius 3 is 2.75 bits per heavy atom. The normalized spacial score (nSPS) is 28.9. The topological polar surface area (TPSA) is 38.9 Å². The van der Waals surface area contributed by atoms with Crippen LogP contribution in [0, 0.1) is 11.8 Å². The second kappa shape index (κ2) is 4.96. The number of hydrogen-bond donors (Lipinski definition) is 1. The van der Waals surface area contributed by atoms with E-state index in [2.05, 4.69) is 24.9 Å². The first kappa shape index (κ1) is 11.6. The highest BCUT2D eigenvalue weighted by molar-refractivity contribution is 5.11. The van der Waals surface area contributed by atoms with Gasteiger partial charge in [-0.3, -0.25) is 4.98 Å². The molecular weight excluding hydrogens is 196 g/mol. The monoisotopic (exact) mass is 218 g/mol. The van der Waals surface area contributed by atoms with Crippen LogP contribution < -0.4 is 5.73 Å². The zero-order chi connectivity index (χ0) is 11.5. The molecule has 2 nitrogen and oxygen atoms in total. The molecule has 4 unspecified atom stereocenters. The zero-order valence-electron chi connectivity index (χ0n) is 10.3. The van der Waals surface area contributed by atoms with Gasteiger partial charge in [-0.1, -0.05) is 32.8 Å². The van der Waals surface area contributed by atoms with Crippen molar-refractivity contribution in [2.75, 3.05) is 0 Å². The number of hydrogen-bond acceptors (Lipinski definition) is 2. The number of nitrogens with two attached hydrogens (primary N) is 1. The second-order valence-electron chi connectivity index (χ2n) is 5.19. The Morgan fingerprint density at radius 2 is 2.19 bits per heavy atom. The Balaban J connectivity index is 2.07. The lowest BCUT2D eigenvalue weighted by Gasteiger charge is -2.28. The van der Waals surface area contributed by atoms with Crippen molar-refractivity contribution in [2.24, 2.45) is 17.6 Å². The van der Waals surface area contributed by atoms with Gasteiger partial charge >= 0.3 is 0 Å². The zero-order valence-corrected chi connectivity index (χ0v) is 10.3. The highest BCUT2D eigenvalue weighted by Gasteiger charge is 2.32. The third-order valence-electron chi connectivity index (χ3n) is 4.15. The lowest BCUT2D eigenvalue weighted by atomic mass is 9.82. The third-order valence-corrected chi connectivity index (χ3v) is 4.15. The Labute approximate surface area is 98.3 Å². The molecule has 0 aliphatic heterocycles. The van der Waals surface area contributed by atoms with Crippen LogP contribution in [0.25, 0.3) is 0 Å². The van der Waals surface area contributed by atoms with E-state index in [0.717, 1.165) is 11.6 Å². The van der Waals surface area contributed by atoms with Crippen molar-refractivity contribution < 1.29 is 0 Å². The van der Waals surface area contributed by atoms with Crippen molar-refractivity contribution >= 4 is 0 Å². The van der Waals surface area contributed by atoms with E-state index < -0.39 is 0 Å². The molecule has 1 heterocycles. The van der Waals surface area contributed by atoms with Crippen molar-refractivity contribution in [1.29, 1.82) is 0 Å². The van der Waals surface area contributed by atoms with Crippen LogP contribution in [0.4, 0.5) is 0 Å². The Morgan fingerprint density at radius 1 is 1.38 bits per heavy atom. The molecule has 0 amide bonds. The maximum atomic E-state index is 6.40. The van der Waals surface area contributed by atoms with Crippen LogP contribution in [0.5, 0.6) is 0 Å². The SMILES string of the molecule is CC1CCCC1C(N)C(C)c1ccccn1. The van der Waals surface area contributed by atoms with Crippen LogP contribution in [0.15, 0.2) is 24.4 Å². The molecule has 1 aromatic heterocycles. The first-order valence-corrected chi connectivity index (χ1v) is 6.36. The first-order chi connectivity index (χ1) is 7.70. The molecule has 1 fully saturated rings. The van der Waals surface area contributed by atoms with Gasteiger partial charge in [0.15, 0.2) is 0 Å². The molecule has 1 aliphatic carbocycles. The standard InChI is InChI=1S/C14H22N2/c1-10-6-5-7-12(10)14(15)11(2)13-8-3-4-9-16-13/h3-4,8-12,14H,5-7,15H2,1-2H3. The minimum atomic E-state index is 0.257. The first-order valence-electron chi connectivity index (χ1n) is 6.36. The molecule has 0 saturated heterocycles. The Bertz CT molecular complexity index is 323. The van der Waals surface area contributed by atoms with Gasteiger partial charge in [0.2, 0.25) is 0 Å². The van der Waals surface area contributed by atoms with Crippen LogP contribution in [-0.2, 0) is 0 Å². The summed E-state index contributed by atoms with van der Waals surface area (Å²) >= 11 is 0. The molecule has 0 aromatic carbocycles. The van der Waals surface area contributed by atoms with Gasteiger partial charge in [0, 0.05) is 23.9 Å². The van der Waals surface area contributed by atoms with Crippen molar-refractivity contribution in [3.8, 4) is 0 Å². The van der Waals surface area contributed by atoms with E-state index >= 15 is 0 Å². The summed E-state index contributed by atoms with van der Waals surface area (Å²) in [5.74, 6) is 1.82. The summed E-state index contributed by atoms with van der Waals surface area (Å²) in [6.45, 7) is 4.54. The van der Waals surface area contributed by atoms with E-state index in [1.54, 1.807) is 0 Å². The molecule has 0 radical (unpaired) electrons. The van der Waals surface area contributed by atoms with Gasteiger partial charge < -0.3 is 5.73 Å². The number of rotatable bonds is 3. The molecule has 1 aliphatic rings. The fourth-order valence-corrected chi connectivity index (χ4v) is 2.96. The molecule has 0 spiro atoms. The Kier molecular flexibility index (Phi) is 3.59. The molecule has 2 rings (SSSR count). The summed E-state index contributed by atoms with van der Waals surface area (Å²) < 4.78 is 0. The average Bonchev–Trinajstić information content (AvgIpc) is 2.75. The van der Waals surface area contributed by atoms with E-state index in [4.69, 9.17) is 5.73 Å². The van der Waals surface area contributed by atoms with Crippen LogP contribution in [-0.4, -0.2) is 11.0 Å². The molecule has 16 heavy (non-hydrogen) atoms. The Hall–Kier alpha value is -0.890. The molecule has 4 atom stereocenters. The minimum Gasteiger partial charge on any atom is -0.327 e. The molecular formula is C14H22N2. The van der Waals surface area contributed by atoms with Gasteiger partial charge in [0.05, 0.1) is 0 Å². The number of nitrogens with zero attached hydrogens (tertiary/aromatic N) is 1. The second-order valence-corrected chi connectivity index (χ2v) is 5.19.